The highest BCUT2D eigenvalue weighted by molar-refractivity contribution is 6.21. The fourth-order valence-electron chi connectivity index (χ4n) is 7.01. The molecule has 5 aliphatic heterocycles. The molecule has 1 aliphatic carbocycles. The monoisotopic (exact) mass is 595 g/mol. The van der Waals surface area contributed by atoms with Gasteiger partial charge in [-0.05, 0) is 81.1 Å². The minimum Gasteiger partial charge on any atom is -0.469 e. The SMILES string of the molecule is CCONC1=C2C3=NC(=C2C)C=C2N=C(C=C4N=C(C=C5NC(=C3C1)[C@@H](CCC(=O)OC)[C@@H]5C)C(C)=C4CO)C(C)=C2CC. The smallest absolute Gasteiger partial charge is 0.305 e. The highest BCUT2D eigenvalue weighted by Gasteiger charge is 2.41. The Morgan fingerprint density at radius 2 is 1.73 bits per heavy atom. The van der Waals surface area contributed by atoms with E-state index in [9.17, 15) is 9.90 Å². The van der Waals surface area contributed by atoms with Gasteiger partial charge in [-0.25, -0.2) is 15.0 Å². The fraction of sp³-hybridized carbons (Fsp3) is 0.429. The second kappa shape index (κ2) is 11.8. The minimum absolute atomic E-state index is 0.0431. The van der Waals surface area contributed by atoms with Crippen LogP contribution in [0.1, 0.15) is 67.2 Å². The lowest BCUT2D eigenvalue weighted by molar-refractivity contribution is -0.140. The van der Waals surface area contributed by atoms with Gasteiger partial charge in [0.05, 0.1) is 60.2 Å². The molecular weight excluding hydrogens is 554 g/mol. The van der Waals surface area contributed by atoms with Gasteiger partial charge >= 0.3 is 5.97 Å². The molecular formula is C35H41N5O4. The largest absolute Gasteiger partial charge is 0.469 e. The van der Waals surface area contributed by atoms with E-state index in [-0.39, 0.29) is 24.4 Å². The van der Waals surface area contributed by atoms with Crippen molar-refractivity contribution < 1.29 is 19.5 Å². The highest BCUT2D eigenvalue weighted by Crippen LogP contribution is 2.46. The van der Waals surface area contributed by atoms with Crippen LogP contribution in [0.15, 0.2) is 106 Å². The Labute approximate surface area is 259 Å². The van der Waals surface area contributed by atoms with Gasteiger partial charge in [-0.2, -0.15) is 0 Å². The lowest BCUT2D eigenvalue weighted by Crippen LogP contribution is -2.16. The summed E-state index contributed by atoms with van der Waals surface area (Å²) in [4.78, 5) is 33.3. The van der Waals surface area contributed by atoms with Crippen LogP contribution >= 0.6 is 0 Å². The number of hydroxylamine groups is 1. The Morgan fingerprint density at radius 1 is 1.02 bits per heavy atom. The third-order valence-corrected chi connectivity index (χ3v) is 9.59. The Hall–Kier alpha value is -4.08. The average molecular weight is 596 g/mol. The number of nitrogens with zero attached hydrogens (tertiary/aromatic N) is 3. The van der Waals surface area contributed by atoms with Crippen molar-refractivity contribution in [2.24, 2.45) is 26.8 Å². The first-order chi connectivity index (χ1) is 21.2. The second-order valence-electron chi connectivity index (χ2n) is 11.9. The summed E-state index contributed by atoms with van der Waals surface area (Å²) in [7, 11) is 1.43. The van der Waals surface area contributed by atoms with Crippen LogP contribution in [0.5, 0.6) is 0 Å². The number of carbonyl (C=O) groups is 1. The molecule has 0 radical (unpaired) electrons. The predicted octanol–water partition coefficient (Wildman–Crippen LogP) is 5.59. The zero-order chi connectivity index (χ0) is 31.3. The molecule has 9 nitrogen and oxygen atoms in total. The molecule has 0 amide bonds. The zero-order valence-electron chi connectivity index (χ0n) is 26.6. The number of carbonyl (C=O) groups excluding carboxylic acids is 1. The molecule has 5 heterocycles. The Balaban J connectivity index is 1.60. The fourth-order valence-corrected chi connectivity index (χ4v) is 7.01. The van der Waals surface area contributed by atoms with Crippen LogP contribution in [0.2, 0.25) is 0 Å². The summed E-state index contributed by atoms with van der Waals surface area (Å²) in [5.74, 6) is -0.0955. The van der Waals surface area contributed by atoms with Crippen LogP contribution in [-0.2, 0) is 14.4 Å². The van der Waals surface area contributed by atoms with E-state index in [1.165, 1.54) is 12.7 Å². The van der Waals surface area contributed by atoms with E-state index in [1.54, 1.807) is 0 Å². The molecule has 0 unspecified atom stereocenters. The molecule has 44 heavy (non-hydrogen) atoms. The van der Waals surface area contributed by atoms with E-state index in [0.717, 1.165) is 91.2 Å². The van der Waals surface area contributed by atoms with Crippen molar-refractivity contribution in [3.8, 4) is 0 Å². The molecule has 0 saturated carbocycles. The molecule has 9 heteroatoms. The summed E-state index contributed by atoms with van der Waals surface area (Å²) in [6.45, 7) is 12.9. The number of aliphatic hydroxyl groups excluding tert-OH is 1. The van der Waals surface area contributed by atoms with Gasteiger partial charge in [-0.15, -0.1) is 0 Å². The van der Waals surface area contributed by atoms with Gasteiger partial charge in [0.25, 0.3) is 0 Å². The van der Waals surface area contributed by atoms with Crippen LogP contribution in [0.4, 0.5) is 0 Å². The maximum atomic E-state index is 12.3. The topological polar surface area (TPSA) is 117 Å². The van der Waals surface area contributed by atoms with Gasteiger partial charge in [-0.1, -0.05) is 13.8 Å². The first-order valence-corrected chi connectivity index (χ1v) is 15.5. The Bertz CT molecular complexity index is 1700. The molecule has 3 N–H and O–H groups in total. The summed E-state index contributed by atoms with van der Waals surface area (Å²) >= 11 is 0. The zero-order valence-corrected chi connectivity index (χ0v) is 26.6. The van der Waals surface area contributed by atoms with Crippen LogP contribution < -0.4 is 10.8 Å². The molecule has 1 saturated heterocycles. The molecule has 0 aromatic carbocycles. The number of hydrogen-bond donors (Lipinski definition) is 3. The first-order valence-electron chi connectivity index (χ1n) is 15.5. The number of hydrogen-bond acceptors (Lipinski definition) is 9. The number of methoxy groups -OCH3 is 1. The van der Waals surface area contributed by atoms with Crippen LogP contribution in [0.3, 0.4) is 0 Å². The standard InChI is InChI=1S/C35H41N5O4/c1-8-21-17(3)26-14-30-24(16-41)19(5)25(37-30)13-27-18(4)22(10-11-32(42)43-7)34(38-27)23-12-31(40-44-9-2)33-20(6)28(39-35(23)33)15-29(21)36-26/h13-15,18,22,38,40-41H,8-12,16H2,1-7H3/t18-,22-/m0/s1. The summed E-state index contributed by atoms with van der Waals surface area (Å²) in [5.41, 5.74) is 18.7. The number of esters is 1. The quantitative estimate of drug-likeness (QED) is 0.249. The molecule has 0 aromatic heterocycles. The summed E-state index contributed by atoms with van der Waals surface area (Å²) in [6, 6.07) is 0. The molecule has 1 fully saturated rings. The maximum Gasteiger partial charge on any atom is 0.305 e. The molecule has 230 valence electrons. The number of aliphatic hydroxyl groups is 1. The number of nitrogens with one attached hydrogen (secondary N) is 2. The lowest BCUT2D eigenvalue weighted by atomic mass is 9.86. The number of allylic oxidation sites excluding steroid dienone is 11. The number of fused-ring (bicyclic) bond motifs is 5. The first kappa shape index (κ1) is 30.0. The van der Waals surface area contributed by atoms with Crippen LogP contribution in [0, 0.1) is 11.8 Å². The van der Waals surface area contributed by atoms with Gasteiger partial charge in [-0.3, -0.25) is 15.1 Å². The van der Waals surface area contributed by atoms with Crippen molar-refractivity contribution in [3.63, 3.8) is 0 Å². The maximum absolute atomic E-state index is 12.3. The van der Waals surface area contributed by atoms with E-state index in [4.69, 9.17) is 24.6 Å². The normalized spacial score (nSPS) is 24.1. The van der Waals surface area contributed by atoms with Gasteiger partial charge in [0.15, 0.2) is 0 Å². The summed E-state index contributed by atoms with van der Waals surface area (Å²) < 4.78 is 5.01. The van der Waals surface area contributed by atoms with Crippen molar-refractivity contribution in [1.29, 1.82) is 0 Å². The van der Waals surface area contributed by atoms with E-state index in [1.807, 2.05) is 19.9 Å². The number of aliphatic imine (C=N–C) groups is 3. The van der Waals surface area contributed by atoms with Crippen molar-refractivity contribution in [2.45, 2.75) is 67.2 Å². The van der Waals surface area contributed by atoms with E-state index < -0.39 is 0 Å². The van der Waals surface area contributed by atoms with Gasteiger partial charge in [0.1, 0.15) is 0 Å². The summed E-state index contributed by atoms with van der Waals surface area (Å²) in [5, 5.41) is 14.1. The molecule has 6 rings (SSSR count). The molecule has 6 aliphatic rings. The lowest BCUT2D eigenvalue weighted by Gasteiger charge is -2.17. The molecule has 2 atom stereocenters. The van der Waals surface area contributed by atoms with E-state index in [2.05, 4.69) is 50.6 Å². The van der Waals surface area contributed by atoms with Crippen molar-refractivity contribution in [3.05, 3.63) is 91.4 Å². The van der Waals surface area contributed by atoms with Crippen molar-refractivity contribution >= 4 is 23.1 Å². The van der Waals surface area contributed by atoms with Crippen molar-refractivity contribution in [2.75, 3.05) is 20.3 Å². The van der Waals surface area contributed by atoms with Crippen LogP contribution in [0.25, 0.3) is 0 Å². The third kappa shape index (κ3) is 4.88. The van der Waals surface area contributed by atoms with Crippen molar-refractivity contribution in [1.82, 2.24) is 10.8 Å². The second-order valence-corrected chi connectivity index (χ2v) is 11.9. The predicted molar refractivity (Wildman–Crippen MR) is 173 cm³/mol. The number of ether oxygens (including phenoxy) is 1. The van der Waals surface area contributed by atoms with E-state index in [0.29, 0.717) is 25.9 Å². The Kier molecular flexibility index (Phi) is 8.02. The van der Waals surface area contributed by atoms with Crippen LogP contribution in [-0.4, -0.2) is 48.5 Å². The summed E-state index contributed by atoms with van der Waals surface area (Å²) in [6.07, 6.45) is 8.60. The Morgan fingerprint density at radius 3 is 2.41 bits per heavy atom. The van der Waals surface area contributed by atoms with E-state index >= 15 is 0 Å². The molecule has 0 spiro atoms. The van der Waals surface area contributed by atoms with Gasteiger partial charge in [0.2, 0.25) is 0 Å². The van der Waals surface area contributed by atoms with Gasteiger partial charge < -0.3 is 15.2 Å². The minimum atomic E-state index is -0.223. The number of rotatable bonds is 8. The molecule has 0 aromatic rings. The third-order valence-electron chi connectivity index (χ3n) is 9.59. The van der Waals surface area contributed by atoms with Gasteiger partial charge in [0, 0.05) is 52.8 Å². The molecule has 8 bridgehead atoms. The average Bonchev–Trinajstić information content (AvgIpc) is 3.77. The highest BCUT2D eigenvalue weighted by atomic mass is 16.6.